The lowest BCUT2D eigenvalue weighted by atomic mass is 9.89. The third kappa shape index (κ3) is 49.2. The molecule has 0 aliphatic carbocycles. The Morgan fingerprint density at radius 1 is 0.266 bits per heavy atom. The molecular weight excluding hydrogens is 1830 g/mol. The van der Waals surface area contributed by atoms with Crippen molar-refractivity contribution < 1.29 is 120 Å². The number of methoxy groups -OCH3 is 2. The Kier molecular flexibility index (Phi) is 54.5. The molecule has 0 aromatic heterocycles. The lowest BCUT2D eigenvalue weighted by molar-refractivity contribution is -0.147. The lowest BCUT2D eigenvalue weighted by Gasteiger charge is -2.25. The van der Waals surface area contributed by atoms with E-state index in [9.17, 15) is 77.0 Å². The molecule has 29 nitrogen and oxygen atoms in total. The van der Waals surface area contributed by atoms with Gasteiger partial charge in [0.05, 0.1) is 50.6 Å². The van der Waals surface area contributed by atoms with Crippen molar-refractivity contribution in [2.45, 2.75) is 213 Å². The van der Waals surface area contributed by atoms with E-state index in [0.717, 1.165) is 44.5 Å². The molecule has 0 spiro atoms. The molecule has 9 rings (SSSR count). The third-order valence-electron chi connectivity index (χ3n) is 22.8. The van der Waals surface area contributed by atoms with Crippen molar-refractivity contribution in [2.75, 3.05) is 53.9 Å². The van der Waals surface area contributed by atoms with Gasteiger partial charge in [-0.2, -0.15) is 0 Å². The fraction of sp³-hybridized carbons (Fsp3) is 0.395. The number of phenols is 1. The Labute approximate surface area is 837 Å². The second-order valence-corrected chi connectivity index (χ2v) is 35.1. The molecule has 0 fully saturated rings. The van der Waals surface area contributed by atoms with Gasteiger partial charge in [-0.3, -0.25) is 57.5 Å². The maximum atomic E-state index is 14.7. The number of benzene rings is 9. The van der Waals surface area contributed by atoms with Crippen molar-refractivity contribution in [3.63, 3.8) is 0 Å². The number of phenolic OH excluding ortho intramolecular Hbond substituents is 1. The average molecular weight is 1960 g/mol. The number of esters is 4. The summed E-state index contributed by atoms with van der Waals surface area (Å²) < 4.78 is 49.0. The number of nitrogens with one attached hydrogen (secondary N) is 4. The number of rotatable bonds is 65. The van der Waals surface area contributed by atoms with E-state index >= 15 is 0 Å². The topological polar surface area (TPSA) is 407 Å². The summed E-state index contributed by atoms with van der Waals surface area (Å²) in [6.07, 6.45) is -1.20. The van der Waals surface area contributed by atoms with Crippen molar-refractivity contribution in [3.8, 4) is 11.5 Å². The largest absolute Gasteiger partial charge is 0.508 e. The minimum absolute atomic E-state index is 0.000386. The van der Waals surface area contributed by atoms with E-state index in [-0.39, 0.29) is 177 Å². The third-order valence-corrected chi connectivity index (χ3v) is 22.8. The number of ether oxygens (including phenoxy) is 9. The summed E-state index contributed by atoms with van der Waals surface area (Å²) in [5, 5.41) is 21.2. The van der Waals surface area contributed by atoms with Crippen LogP contribution in [0, 0.1) is 23.7 Å². The maximum Gasteiger partial charge on any atom is 0.306 e. The van der Waals surface area contributed by atoms with Crippen LogP contribution in [0.5, 0.6) is 11.5 Å². The molecule has 0 heterocycles. The van der Waals surface area contributed by atoms with Gasteiger partial charge in [0, 0.05) is 115 Å². The van der Waals surface area contributed by atoms with E-state index in [2.05, 4.69) is 21.3 Å². The molecule has 5 N–H and O–H groups in total. The van der Waals surface area contributed by atoms with Crippen LogP contribution in [-0.4, -0.2) is 171 Å². The molecule has 0 aliphatic heterocycles. The first-order chi connectivity index (χ1) is 69.1. The predicted octanol–water partition coefficient (Wildman–Crippen LogP) is 15.2. The van der Waals surface area contributed by atoms with E-state index in [0.29, 0.717) is 57.2 Å². The van der Waals surface area contributed by atoms with E-state index in [1.807, 2.05) is 188 Å². The molecule has 29 heteroatoms. The summed E-state index contributed by atoms with van der Waals surface area (Å²) in [4.78, 5) is 201. The summed E-state index contributed by atoms with van der Waals surface area (Å²) in [6, 6.07) is 73.2. The molecule has 9 aromatic rings. The number of carbonyl (C=O) groups excluding carboxylic acids is 15. The van der Waals surface area contributed by atoms with E-state index in [1.165, 1.54) is 39.8 Å². The van der Waals surface area contributed by atoms with Crippen LogP contribution >= 0.6 is 0 Å². The van der Waals surface area contributed by atoms with Gasteiger partial charge in [-0.05, 0) is 166 Å². The Morgan fingerprint density at radius 3 is 0.832 bits per heavy atom. The van der Waals surface area contributed by atoms with Gasteiger partial charge >= 0.3 is 23.9 Å². The number of ketones is 7. The van der Waals surface area contributed by atoms with Crippen LogP contribution < -0.4 is 26.0 Å². The summed E-state index contributed by atoms with van der Waals surface area (Å²) in [6.45, 7) is 8.23. The Hall–Kier alpha value is -14.1. The molecule has 0 radical (unpaired) electrons. The zero-order valence-electron chi connectivity index (χ0n) is 82.6. The van der Waals surface area contributed by atoms with Gasteiger partial charge in [0.15, 0.2) is 23.1 Å². The highest BCUT2D eigenvalue weighted by molar-refractivity contribution is 5.98. The van der Waals surface area contributed by atoms with Gasteiger partial charge < -0.3 is 83.4 Å². The monoisotopic (exact) mass is 1960 g/mol. The predicted molar refractivity (Wildman–Crippen MR) is 537 cm³/mol. The Bertz CT molecular complexity index is 5370. The second-order valence-electron chi connectivity index (χ2n) is 35.1. The highest BCUT2D eigenvalue weighted by Gasteiger charge is 2.36. The Morgan fingerprint density at radius 2 is 0.531 bits per heavy atom. The van der Waals surface area contributed by atoms with Crippen molar-refractivity contribution in [1.82, 2.24) is 21.3 Å². The van der Waals surface area contributed by atoms with E-state index in [1.54, 1.807) is 74.9 Å². The number of carbonyl (C=O) groups is 15. The van der Waals surface area contributed by atoms with Gasteiger partial charge in [-0.15, -0.1) is 0 Å². The number of aromatic hydroxyl groups is 1. The fourth-order valence-electron chi connectivity index (χ4n) is 15.2. The summed E-state index contributed by atoms with van der Waals surface area (Å²) >= 11 is 0. The maximum absolute atomic E-state index is 14.7. The fourth-order valence-corrected chi connectivity index (χ4v) is 15.2. The number of hydrogen-bond donors (Lipinski definition) is 5. The minimum Gasteiger partial charge on any atom is -0.508 e. The molecule has 143 heavy (non-hydrogen) atoms. The standard InChI is InChI=1S/C59H68N2O12.C52H62N2O12.C3H6O/c1-43(62)36-50(37-45-25-28-51(29-26-45)71-40-46-18-9-4-10-19-46)59(68)61-53(38-44-16-7-3-8-17-44)55(64)39-49(27-31-56(65)72-41-47-20-11-5-12-21-47)58(67)60-52(54(63)24-15-33-70-35-34-69-2)30-32-57(66)73-42-48-22-13-6-14-23-48;1-37(55)31-43(32-39-20-23-44(56)24-21-39)52(62)54-46(33-38-13-6-3-7-14-38)48(58)34-42(22-26-49(59)65-35-40-15-8-4-9-16-40)51(61)53-45(47(57)19-12-28-64-30-29-63-2)25-27-50(60)66-36-41-17-10-5-11-18-41;1-3(2)4/h3-14,16-23,25-26,28-29,49-50,52-53H,15,24,27,30-42H2,1-2H3,(H,60,67)(H,61,68);3-11,13-18,20-21,23-24,42-43,45-46,56H,12,19,22,25-36H2,1-2H3,(H,53,61)(H,54,62);1-2H3/t49-,50+,52-,53-;42-,43+,45-,46-;/m11./s1. The molecule has 8 atom stereocenters. The van der Waals surface area contributed by atoms with Gasteiger partial charge in [-0.25, -0.2) is 0 Å². The van der Waals surface area contributed by atoms with Gasteiger partial charge in [0.25, 0.3) is 0 Å². The van der Waals surface area contributed by atoms with E-state index in [4.69, 9.17) is 42.6 Å². The molecule has 0 aliphatic rings. The first kappa shape index (κ1) is 116. The SMILES string of the molecule is CC(C)=O.COCCOCCCC(=O)[C@@H](CCC(=O)OCc1ccccc1)NC(=O)[C@H](CCC(=O)OCc1ccccc1)CC(=O)[C@@H](Cc1ccccc1)NC(=O)[C@@H](CC(C)=O)Cc1ccc(O)cc1.COCCOCCCC(=O)[C@@H](CCC(=O)OCc1ccccc1)NC(=O)[C@H](CCC(=O)OCc1ccccc1)CC(=O)[C@@H](Cc1ccccc1)NC(=O)[C@@H](CC(C)=O)Cc1ccc(OCc2ccccc2)cc1. The van der Waals surface area contributed by atoms with Crippen LogP contribution in [0.15, 0.2) is 261 Å². The molecule has 9 aromatic carbocycles. The molecule has 4 amide bonds. The Balaban J connectivity index is 0.000000376. The van der Waals surface area contributed by atoms with Crippen molar-refractivity contribution in [1.29, 1.82) is 0 Å². The molecule has 0 saturated heterocycles. The van der Waals surface area contributed by atoms with Crippen LogP contribution in [0.1, 0.15) is 180 Å². The number of Topliss-reactive ketones (excluding diaryl/α,β-unsaturated/α-hetero) is 7. The number of amides is 4. The van der Waals surface area contributed by atoms with Crippen LogP contribution in [-0.2, 0) is 169 Å². The van der Waals surface area contributed by atoms with Crippen LogP contribution in [0.4, 0.5) is 0 Å². The van der Waals surface area contributed by atoms with Gasteiger partial charge in [0.2, 0.25) is 23.6 Å². The quantitative estimate of drug-likeness (QED) is 0.0134. The number of hydrogen-bond acceptors (Lipinski definition) is 25. The normalized spacial score (nSPS) is 12.5. The summed E-state index contributed by atoms with van der Waals surface area (Å²) in [7, 11) is 3.10. The average Bonchev–Trinajstić information content (AvgIpc) is 0.849. The van der Waals surface area contributed by atoms with E-state index < -0.39 is 120 Å². The van der Waals surface area contributed by atoms with Crippen molar-refractivity contribution >= 4 is 88.0 Å². The van der Waals surface area contributed by atoms with Crippen molar-refractivity contribution in [2.24, 2.45) is 23.7 Å². The summed E-state index contributed by atoms with van der Waals surface area (Å²) in [5.41, 5.74) is 7.03. The first-order valence-corrected chi connectivity index (χ1v) is 48.4. The highest BCUT2D eigenvalue weighted by atomic mass is 16.5. The molecule has 762 valence electrons. The van der Waals surface area contributed by atoms with Gasteiger partial charge in [0.1, 0.15) is 61.9 Å². The minimum atomic E-state index is -1.17. The summed E-state index contributed by atoms with van der Waals surface area (Å²) in [5.74, 6) is -10.2. The van der Waals surface area contributed by atoms with Crippen LogP contribution in [0.25, 0.3) is 0 Å². The highest BCUT2D eigenvalue weighted by Crippen LogP contribution is 2.26. The first-order valence-electron chi connectivity index (χ1n) is 48.4. The van der Waals surface area contributed by atoms with Gasteiger partial charge in [-0.1, -0.05) is 237 Å². The zero-order chi connectivity index (χ0) is 103. The second kappa shape index (κ2) is 67.3. The van der Waals surface area contributed by atoms with Crippen LogP contribution in [0.3, 0.4) is 0 Å². The lowest BCUT2D eigenvalue weighted by Crippen LogP contribution is -2.48. The van der Waals surface area contributed by atoms with Crippen molar-refractivity contribution in [3.05, 3.63) is 311 Å². The zero-order valence-corrected chi connectivity index (χ0v) is 82.6. The molecule has 0 saturated carbocycles. The molecular formula is C114H136N4O25. The smallest absolute Gasteiger partial charge is 0.306 e. The molecule has 0 bridgehead atoms. The molecule has 0 unspecified atom stereocenters. The van der Waals surface area contributed by atoms with Crippen LogP contribution in [0.2, 0.25) is 0 Å².